The molecule has 1 atom stereocenters. The third-order valence-corrected chi connectivity index (χ3v) is 2.21. The van der Waals surface area contributed by atoms with Gasteiger partial charge in [-0.25, -0.2) is 0 Å². The zero-order valence-corrected chi connectivity index (χ0v) is 9.00. The van der Waals surface area contributed by atoms with Gasteiger partial charge in [0, 0.05) is 18.2 Å². The summed E-state index contributed by atoms with van der Waals surface area (Å²) in [6, 6.07) is 6.03. The van der Waals surface area contributed by atoms with E-state index < -0.39 is 0 Å². The summed E-state index contributed by atoms with van der Waals surface area (Å²) in [5.74, 6) is 0.860. The highest BCUT2D eigenvalue weighted by molar-refractivity contribution is 5.39. The minimum Gasteiger partial charge on any atom is -0.496 e. The summed E-state index contributed by atoms with van der Waals surface area (Å²) in [7, 11) is 3.56. The average molecular weight is 194 g/mol. The smallest absolute Gasteiger partial charge is 0.123 e. The lowest BCUT2D eigenvalue weighted by Gasteiger charge is -2.15. The first-order valence-electron chi connectivity index (χ1n) is 4.73. The van der Waals surface area contributed by atoms with Crippen molar-refractivity contribution in [2.45, 2.75) is 13.0 Å². The van der Waals surface area contributed by atoms with Gasteiger partial charge in [-0.05, 0) is 20.0 Å². The van der Waals surface area contributed by atoms with E-state index in [0.717, 1.165) is 17.9 Å². The minimum absolute atomic E-state index is 0.0187. The average Bonchev–Trinajstić information content (AvgIpc) is 2.18. The molecule has 1 aromatic carbocycles. The topological polar surface area (TPSA) is 47.3 Å². The van der Waals surface area contributed by atoms with E-state index in [1.54, 1.807) is 7.11 Å². The second-order valence-electron chi connectivity index (χ2n) is 3.41. The molecule has 0 bridgehead atoms. The summed E-state index contributed by atoms with van der Waals surface area (Å²) in [6.45, 7) is 2.80. The molecular formula is C11H18N2O. The van der Waals surface area contributed by atoms with Gasteiger partial charge in [-0.2, -0.15) is 0 Å². The predicted octanol–water partition coefficient (Wildman–Crippen LogP) is 1.22. The first kappa shape index (κ1) is 11.0. The van der Waals surface area contributed by atoms with Crippen LogP contribution in [0.15, 0.2) is 18.2 Å². The summed E-state index contributed by atoms with van der Waals surface area (Å²) >= 11 is 0. The van der Waals surface area contributed by atoms with Gasteiger partial charge in [0.2, 0.25) is 0 Å². The number of ether oxygens (including phenoxy) is 1. The van der Waals surface area contributed by atoms with E-state index >= 15 is 0 Å². The second-order valence-corrected chi connectivity index (χ2v) is 3.41. The Morgan fingerprint density at radius 1 is 1.50 bits per heavy atom. The molecule has 3 N–H and O–H groups in total. The molecule has 1 unspecified atom stereocenters. The Bertz CT molecular complexity index is 299. The van der Waals surface area contributed by atoms with Gasteiger partial charge in [-0.15, -0.1) is 0 Å². The van der Waals surface area contributed by atoms with E-state index in [4.69, 9.17) is 10.5 Å². The number of nitrogens with one attached hydrogen (secondary N) is 1. The SMILES string of the molecule is CNCC(N)c1cc(C)ccc1OC. The predicted molar refractivity (Wildman–Crippen MR) is 58.6 cm³/mol. The second kappa shape index (κ2) is 4.98. The fourth-order valence-electron chi connectivity index (χ4n) is 1.47. The van der Waals surface area contributed by atoms with E-state index in [0.29, 0.717) is 0 Å². The zero-order chi connectivity index (χ0) is 10.6. The van der Waals surface area contributed by atoms with Crippen LogP contribution in [0.4, 0.5) is 0 Å². The van der Waals surface area contributed by atoms with Crippen LogP contribution in [0.3, 0.4) is 0 Å². The molecule has 0 aromatic heterocycles. The highest BCUT2D eigenvalue weighted by atomic mass is 16.5. The molecule has 0 saturated heterocycles. The lowest BCUT2D eigenvalue weighted by molar-refractivity contribution is 0.405. The first-order valence-corrected chi connectivity index (χ1v) is 4.73. The number of hydrogen-bond donors (Lipinski definition) is 2. The zero-order valence-electron chi connectivity index (χ0n) is 9.00. The van der Waals surface area contributed by atoms with Gasteiger partial charge in [0.15, 0.2) is 0 Å². The van der Waals surface area contributed by atoms with Gasteiger partial charge < -0.3 is 15.8 Å². The van der Waals surface area contributed by atoms with E-state index in [-0.39, 0.29) is 6.04 Å². The largest absolute Gasteiger partial charge is 0.496 e. The van der Waals surface area contributed by atoms with Crippen LogP contribution in [0.2, 0.25) is 0 Å². The van der Waals surface area contributed by atoms with Gasteiger partial charge in [0.1, 0.15) is 5.75 Å². The molecule has 0 aliphatic rings. The van der Waals surface area contributed by atoms with Gasteiger partial charge in [-0.1, -0.05) is 17.7 Å². The number of nitrogens with two attached hydrogens (primary N) is 1. The Labute approximate surface area is 85.3 Å². The molecule has 0 heterocycles. The summed E-state index contributed by atoms with van der Waals surface area (Å²) in [5, 5.41) is 3.06. The molecule has 3 nitrogen and oxygen atoms in total. The van der Waals surface area contributed by atoms with Crippen LogP contribution in [0.1, 0.15) is 17.2 Å². The van der Waals surface area contributed by atoms with Crippen molar-refractivity contribution >= 4 is 0 Å². The van der Waals surface area contributed by atoms with Gasteiger partial charge in [0.25, 0.3) is 0 Å². The third-order valence-electron chi connectivity index (χ3n) is 2.21. The Hall–Kier alpha value is -1.06. The van der Waals surface area contributed by atoms with Crippen LogP contribution in [0, 0.1) is 6.92 Å². The molecule has 1 aromatic rings. The van der Waals surface area contributed by atoms with Crippen molar-refractivity contribution in [2.75, 3.05) is 20.7 Å². The molecule has 0 aliphatic carbocycles. The number of benzene rings is 1. The van der Waals surface area contributed by atoms with Crippen LogP contribution >= 0.6 is 0 Å². The molecule has 14 heavy (non-hydrogen) atoms. The molecule has 78 valence electrons. The Morgan fingerprint density at radius 2 is 2.21 bits per heavy atom. The molecule has 0 aliphatic heterocycles. The number of likely N-dealkylation sites (N-methyl/N-ethyl adjacent to an activating group) is 1. The van der Waals surface area contributed by atoms with E-state index in [1.807, 2.05) is 19.2 Å². The van der Waals surface area contributed by atoms with Crippen molar-refractivity contribution in [3.8, 4) is 5.75 Å². The van der Waals surface area contributed by atoms with Crippen LogP contribution in [-0.2, 0) is 0 Å². The van der Waals surface area contributed by atoms with Crippen molar-refractivity contribution < 1.29 is 4.74 Å². The molecule has 0 saturated carbocycles. The van der Waals surface area contributed by atoms with Crippen LogP contribution in [0.25, 0.3) is 0 Å². The third kappa shape index (κ3) is 2.47. The normalized spacial score (nSPS) is 12.6. The summed E-state index contributed by atoms with van der Waals surface area (Å²) in [4.78, 5) is 0. The lowest BCUT2D eigenvalue weighted by atomic mass is 10.0. The van der Waals surface area contributed by atoms with Crippen molar-refractivity contribution in [3.63, 3.8) is 0 Å². The van der Waals surface area contributed by atoms with Crippen molar-refractivity contribution in [1.82, 2.24) is 5.32 Å². The molecule has 0 radical (unpaired) electrons. The van der Waals surface area contributed by atoms with Crippen LogP contribution in [-0.4, -0.2) is 20.7 Å². The maximum absolute atomic E-state index is 6.01. The summed E-state index contributed by atoms with van der Waals surface area (Å²) in [6.07, 6.45) is 0. The molecular weight excluding hydrogens is 176 g/mol. The van der Waals surface area contributed by atoms with E-state index in [1.165, 1.54) is 5.56 Å². The Balaban J connectivity index is 2.97. The Morgan fingerprint density at radius 3 is 2.79 bits per heavy atom. The van der Waals surface area contributed by atoms with Gasteiger partial charge in [-0.3, -0.25) is 0 Å². The molecule has 0 spiro atoms. The summed E-state index contributed by atoms with van der Waals surface area (Å²) < 4.78 is 5.26. The minimum atomic E-state index is -0.0187. The number of aryl methyl sites for hydroxylation is 1. The van der Waals surface area contributed by atoms with Crippen LogP contribution < -0.4 is 15.8 Å². The van der Waals surface area contributed by atoms with E-state index in [2.05, 4.69) is 18.3 Å². The highest BCUT2D eigenvalue weighted by Gasteiger charge is 2.10. The fraction of sp³-hybridized carbons (Fsp3) is 0.455. The molecule has 0 fully saturated rings. The lowest BCUT2D eigenvalue weighted by Crippen LogP contribution is -2.24. The fourth-order valence-corrected chi connectivity index (χ4v) is 1.47. The molecule has 0 amide bonds. The molecule has 1 rings (SSSR count). The first-order chi connectivity index (χ1) is 6.69. The molecule has 3 heteroatoms. The maximum Gasteiger partial charge on any atom is 0.123 e. The van der Waals surface area contributed by atoms with Crippen LogP contribution in [0.5, 0.6) is 5.75 Å². The highest BCUT2D eigenvalue weighted by Crippen LogP contribution is 2.24. The quantitative estimate of drug-likeness (QED) is 0.757. The standard InChI is InChI=1S/C11H18N2O/c1-8-4-5-11(14-3)9(6-8)10(12)7-13-2/h4-6,10,13H,7,12H2,1-3H3. The number of hydrogen-bond acceptors (Lipinski definition) is 3. The maximum atomic E-state index is 6.01. The van der Waals surface area contributed by atoms with Crippen molar-refractivity contribution in [2.24, 2.45) is 5.73 Å². The van der Waals surface area contributed by atoms with E-state index in [9.17, 15) is 0 Å². The number of methoxy groups -OCH3 is 1. The van der Waals surface area contributed by atoms with Crippen molar-refractivity contribution in [1.29, 1.82) is 0 Å². The van der Waals surface area contributed by atoms with Gasteiger partial charge in [0.05, 0.1) is 7.11 Å². The van der Waals surface area contributed by atoms with Gasteiger partial charge >= 0.3 is 0 Å². The monoisotopic (exact) mass is 194 g/mol. The number of rotatable bonds is 4. The Kier molecular flexibility index (Phi) is 3.92. The summed E-state index contributed by atoms with van der Waals surface area (Å²) in [5.41, 5.74) is 8.27. The van der Waals surface area contributed by atoms with Crippen molar-refractivity contribution in [3.05, 3.63) is 29.3 Å².